The Labute approximate surface area is 127 Å². The van der Waals surface area contributed by atoms with Gasteiger partial charge in [-0.15, -0.1) is 0 Å². The first-order valence-corrected chi connectivity index (χ1v) is 7.66. The summed E-state index contributed by atoms with van der Waals surface area (Å²) in [5.74, 6) is 0.400. The van der Waals surface area contributed by atoms with Gasteiger partial charge in [0.2, 0.25) is 0 Å². The molecule has 2 aromatic rings. The minimum absolute atomic E-state index is 0.110. The van der Waals surface area contributed by atoms with E-state index in [0.29, 0.717) is 5.92 Å². The molecule has 0 fully saturated rings. The van der Waals surface area contributed by atoms with Crippen molar-refractivity contribution in [3.63, 3.8) is 0 Å². The number of hydrogen-bond donors (Lipinski definition) is 2. The van der Waals surface area contributed by atoms with E-state index in [2.05, 4.69) is 67.7 Å². The molecule has 2 heteroatoms. The van der Waals surface area contributed by atoms with Crippen LogP contribution in [0, 0.1) is 5.92 Å². The Morgan fingerprint density at radius 3 is 2.00 bits per heavy atom. The van der Waals surface area contributed by atoms with Gasteiger partial charge in [-0.2, -0.15) is 0 Å². The summed E-state index contributed by atoms with van der Waals surface area (Å²) in [6.07, 6.45) is 0.925. The third kappa shape index (κ3) is 4.69. The first-order chi connectivity index (χ1) is 10.2. The molecule has 2 nitrogen and oxygen atoms in total. The summed E-state index contributed by atoms with van der Waals surface area (Å²) in [6, 6.07) is 21.3. The molecule has 21 heavy (non-hydrogen) atoms. The van der Waals surface area contributed by atoms with Gasteiger partial charge in [-0.25, -0.2) is 0 Å². The average molecular weight is 283 g/mol. The minimum Gasteiger partial charge on any atom is -0.395 e. The summed E-state index contributed by atoms with van der Waals surface area (Å²) in [6.45, 7) is 4.44. The number of aliphatic hydroxyl groups excluding tert-OH is 1. The molecule has 0 saturated heterocycles. The summed E-state index contributed by atoms with van der Waals surface area (Å²) in [5.41, 5.74) is 2.57. The second kappa shape index (κ2) is 7.96. The molecule has 2 rings (SSSR count). The number of nitrogens with one attached hydrogen (secondary N) is 1. The molecular weight excluding hydrogens is 258 g/mol. The molecule has 0 aliphatic rings. The maximum Gasteiger partial charge on any atom is 0.0587 e. The van der Waals surface area contributed by atoms with E-state index in [1.54, 1.807) is 0 Å². The Bertz CT molecular complexity index is 510. The zero-order valence-corrected chi connectivity index (χ0v) is 12.9. The van der Waals surface area contributed by atoms with Crippen LogP contribution in [0.3, 0.4) is 0 Å². The molecule has 0 aliphatic heterocycles. The van der Waals surface area contributed by atoms with Crippen LogP contribution < -0.4 is 5.32 Å². The molecule has 0 aliphatic carbocycles. The highest BCUT2D eigenvalue weighted by molar-refractivity contribution is 5.24. The Morgan fingerprint density at radius 2 is 1.48 bits per heavy atom. The quantitative estimate of drug-likeness (QED) is 0.814. The molecule has 0 bridgehead atoms. The third-order valence-corrected chi connectivity index (χ3v) is 3.90. The standard InChI is InChI=1S/C19H25NO/c1-15(2)19(14-21)20-18(17-11-7-4-8-12-17)13-16-9-5-3-6-10-16/h3-12,15,18-21H,13-14H2,1-2H3. The zero-order valence-electron chi connectivity index (χ0n) is 12.9. The molecule has 0 amide bonds. The Hall–Kier alpha value is -1.64. The third-order valence-electron chi connectivity index (χ3n) is 3.90. The molecule has 2 atom stereocenters. The average Bonchev–Trinajstić information content (AvgIpc) is 2.53. The molecule has 2 unspecified atom stereocenters. The van der Waals surface area contributed by atoms with Gasteiger partial charge in [0.05, 0.1) is 6.61 Å². The lowest BCUT2D eigenvalue weighted by Crippen LogP contribution is -2.40. The lowest BCUT2D eigenvalue weighted by molar-refractivity contribution is 0.198. The van der Waals surface area contributed by atoms with E-state index in [9.17, 15) is 5.11 Å². The molecule has 0 heterocycles. The van der Waals surface area contributed by atoms with Crippen LogP contribution in [0.4, 0.5) is 0 Å². The lowest BCUT2D eigenvalue weighted by atomic mass is 9.96. The van der Waals surface area contributed by atoms with Gasteiger partial charge < -0.3 is 10.4 Å². The fourth-order valence-electron chi connectivity index (χ4n) is 2.52. The van der Waals surface area contributed by atoms with Crippen LogP contribution in [-0.2, 0) is 6.42 Å². The summed E-state index contributed by atoms with van der Waals surface area (Å²) in [4.78, 5) is 0. The van der Waals surface area contributed by atoms with E-state index < -0.39 is 0 Å². The molecule has 2 aromatic carbocycles. The second-order valence-corrected chi connectivity index (χ2v) is 5.85. The first kappa shape index (κ1) is 15.7. The molecule has 0 spiro atoms. The SMILES string of the molecule is CC(C)C(CO)NC(Cc1ccccc1)c1ccccc1. The van der Waals surface area contributed by atoms with Crippen molar-refractivity contribution in [2.75, 3.05) is 6.61 Å². The van der Waals surface area contributed by atoms with E-state index in [1.807, 2.05) is 12.1 Å². The van der Waals surface area contributed by atoms with Gasteiger partial charge in [-0.3, -0.25) is 0 Å². The van der Waals surface area contributed by atoms with Crippen molar-refractivity contribution in [1.82, 2.24) is 5.32 Å². The molecule has 2 N–H and O–H groups in total. The number of rotatable bonds is 7. The van der Waals surface area contributed by atoms with Crippen LogP contribution in [0.1, 0.15) is 31.0 Å². The van der Waals surface area contributed by atoms with Gasteiger partial charge in [0.1, 0.15) is 0 Å². The van der Waals surface area contributed by atoms with Crippen LogP contribution in [-0.4, -0.2) is 17.8 Å². The van der Waals surface area contributed by atoms with E-state index in [-0.39, 0.29) is 18.7 Å². The minimum atomic E-state index is 0.110. The molecule has 0 radical (unpaired) electrons. The van der Waals surface area contributed by atoms with Gasteiger partial charge >= 0.3 is 0 Å². The maximum absolute atomic E-state index is 9.60. The Balaban J connectivity index is 2.18. The summed E-state index contributed by atoms with van der Waals surface area (Å²) >= 11 is 0. The predicted molar refractivity (Wildman–Crippen MR) is 88.2 cm³/mol. The van der Waals surface area contributed by atoms with Crippen molar-refractivity contribution in [3.05, 3.63) is 71.8 Å². The normalized spacial score (nSPS) is 14.1. The van der Waals surface area contributed by atoms with Crippen molar-refractivity contribution in [2.24, 2.45) is 5.92 Å². The highest BCUT2D eigenvalue weighted by atomic mass is 16.3. The highest BCUT2D eigenvalue weighted by Crippen LogP contribution is 2.20. The zero-order chi connectivity index (χ0) is 15.1. The van der Waals surface area contributed by atoms with Crippen molar-refractivity contribution < 1.29 is 5.11 Å². The first-order valence-electron chi connectivity index (χ1n) is 7.66. The van der Waals surface area contributed by atoms with Crippen LogP contribution >= 0.6 is 0 Å². The Morgan fingerprint density at radius 1 is 0.905 bits per heavy atom. The van der Waals surface area contributed by atoms with E-state index in [1.165, 1.54) is 11.1 Å². The van der Waals surface area contributed by atoms with Crippen LogP contribution in [0.25, 0.3) is 0 Å². The Kier molecular flexibility index (Phi) is 5.97. The maximum atomic E-state index is 9.60. The molecule has 0 aromatic heterocycles. The monoisotopic (exact) mass is 283 g/mol. The topological polar surface area (TPSA) is 32.3 Å². The number of benzene rings is 2. The van der Waals surface area contributed by atoms with Gasteiger partial charge in [-0.1, -0.05) is 74.5 Å². The number of hydrogen-bond acceptors (Lipinski definition) is 2. The highest BCUT2D eigenvalue weighted by Gasteiger charge is 2.19. The largest absolute Gasteiger partial charge is 0.395 e. The van der Waals surface area contributed by atoms with Crippen LogP contribution in [0.5, 0.6) is 0 Å². The van der Waals surface area contributed by atoms with Crippen molar-refractivity contribution in [1.29, 1.82) is 0 Å². The molecular formula is C19H25NO. The van der Waals surface area contributed by atoms with Crippen LogP contribution in [0.15, 0.2) is 60.7 Å². The summed E-state index contributed by atoms with van der Waals surface area (Å²) < 4.78 is 0. The second-order valence-electron chi connectivity index (χ2n) is 5.85. The van der Waals surface area contributed by atoms with Gasteiger partial charge in [-0.05, 0) is 23.5 Å². The summed E-state index contributed by atoms with van der Waals surface area (Å²) in [5, 5.41) is 13.2. The summed E-state index contributed by atoms with van der Waals surface area (Å²) in [7, 11) is 0. The fourth-order valence-corrected chi connectivity index (χ4v) is 2.52. The number of aliphatic hydroxyl groups is 1. The van der Waals surface area contributed by atoms with Gasteiger partial charge in [0.15, 0.2) is 0 Å². The van der Waals surface area contributed by atoms with E-state index >= 15 is 0 Å². The van der Waals surface area contributed by atoms with Crippen molar-refractivity contribution >= 4 is 0 Å². The van der Waals surface area contributed by atoms with Crippen molar-refractivity contribution in [3.8, 4) is 0 Å². The van der Waals surface area contributed by atoms with Crippen LogP contribution in [0.2, 0.25) is 0 Å². The molecule has 112 valence electrons. The van der Waals surface area contributed by atoms with E-state index in [4.69, 9.17) is 0 Å². The lowest BCUT2D eigenvalue weighted by Gasteiger charge is -2.27. The fraction of sp³-hybridized carbons (Fsp3) is 0.368. The van der Waals surface area contributed by atoms with E-state index in [0.717, 1.165) is 6.42 Å². The predicted octanol–water partition coefficient (Wildman–Crippen LogP) is 3.58. The van der Waals surface area contributed by atoms with Gasteiger partial charge in [0.25, 0.3) is 0 Å². The van der Waals surface area contributed by atoms with Gasteiger partial charge in [0, 0.05) is 12.1 Å². The molecule has 0 saturated carbocycles. The smallest absolute Gasteiger partial charge is 0.0587 e. The van der Waals surface area contributed by atoms with Crippen molar-refractivity contribution in [2.45, 2.75) is 32.4 Å².